The van der Waals surface area contributed by atoms with Crippen LogP contribution < -0.4 is 10.6 Å². The summed E-state index contributed by atoms with van der Waals surface area (Å²) in [6, 6.07) is 25.3. The fraction of sp³-hybridized carbons (Fsp3) is 0. The molecule has 5 rings (SSSR count). The van der Waals surface area contributed by atoms with Crippen molar-refractivity contribution < 1.29 is 14.0 Å². The van der Waals surface area contributed by atoms with Crippen LogP contribution in [-0.4, -0.2) is 22.0 Å². The Balaban J connectivity index is 1.29. The lowest BCUT2D eigenvalue weighted by Crippen LogP contribution is -2.14. The van der Waals surface area contributed by atoms with Crippen molar-refractivity contribution in [2.75, 3.05) is 10.6 Å². The van der Waals surface area contributed by atoms with Gasteiger partial charge in [0, 0.05) is 22.2 Å². The van der Waals surface area contributed by atoms with Gasteiger partial charge < -0.3 is 9.73 Å². The van der Waals surface area contributed by atoms with Gasteiger partial charge in [-0.1, -0.05) is 65.9 Å². The van der Waals surface area contributed by atoms with Gasteiger partial charge >= 0.3 is 0 Å². The summed E-state index contributed by atoms with van der Waals surface area (Å²) in [7, 11) is 0. The van der Waals surface area contributed by atoms with E-state index in [1.165, 1.54) is 11.3 Å². The van der Waals surface area contributed by atoms with Crippen LogP contribution in [0.5, 0.6) is 0 Å². The zero-order valence-corrected chi connectivity index (χ0v) is 17.4. The molecule has 0 radical (unpaired) electrons. The standard InChI is InChI=1S/C24H16N4O3S/c29-21(26-24-28-27-23(32-24)15-7-2-1-3-8-15)17-10-6-11-18(13-17)25-22(30)20-14-16-9-4-5-12-19(16)31-20/h1-14H,(H,25,30)(H,26,28,29). The number of fused-ring (bicyclic) bond motifs is 1. The number of rotatable bonds is 5. The van der Waals surface area contributed by atoms with Gasteiger partial charge in [0.2, 0.25) is 5.13 Å². The van der Waals surface area contributed by atoms with E-state index >= 15 is 0 Å². The Labute approximate surface area is 186 Å². The monoisotopic (exact) mass is 440 g/mol. The molecule has 0 saturated heterocycles. The van der Waals surface area contributed by atoms with Crippen LogP contribution in [0.3, 0.4) is 0 Å². The second-order valence-electron chi connectivity index (χ2n) is 6.92. The minimum absolute atomic E-state index is 0.198. The Morgan fingerprint density at radius 3 is 2.44 bits per heavy atom. The number of anilines is 2. The summed E-state index contributed by atoms with van der Waals surface area (Å²) in [5.41, 5.74) is 2.42. The van der Waals surface area contributed by atoms with Crippen LogP contribution in [0.1, 0.15) is 20.9 Å². The maximum absolute atomic E-state index is 12.7. The van der Waals surface area contributed by atoms with E-state index in [1.807, 2.05) is 48.5 Å². The Hall–Kier alpha value is -4.30. The normalized spacial score (nSPS) is 10.8. The molecule has 0 unspecified atom stereocenters. The summed E-state index contributed by atoms with van der Waals surface area (Å²) >= 11 is 1.29. The molecule has 3 aromatic carbocycles. The van der Waals surface area contributed by atoms with E-state index < -0.39 is 5.91 Å². The second-order valence-corrected chi connectivity index (χ2v) is 7.89. The number of hydrogen-bond acceptors (Lipinski definition) is 6. The summed E-state index contributed by atoms with van der Waals surface area (Å²) in [5, 5.41) is 15.6. The summed E-state index contributed by atoms with van der Waals surface area (Å²) in [5.74, 6) is -0.542. The number of nitrogens with zero attached hydrogens (tertiary/aromatic N) is 2. The van der Waals surface area contributed by atoms with Crippen molar-refractivity contribution in [1.82, 2.24) is 10.2 Å². The molecule has 0 atom stereocenters. The van der Waals surface area contributed by atoms with Crippen LogP contribution in [0.25, 0.3) is 21.5 Å². The topological polar surface area (TPSA) is 97.1 Å². The zero-order valence-electron chi connectivity index (χ0n) is 16.6. The van der Waals surface area contributed by atoms with Crippen molar-refractivity contribution in [3.8, 4) is 10.6 Å². The molecule has 8 heteroatoms. The Kier molecular flexibility index (Phi) is 5.19. The fourth-order valence-corrected chi connectivity index (χ4v) is 3.91. The van der Waals surface area contributed by atoms with E-state index in [0.29, 0.717) is 27.0 Å². The van der Waals surface area contributed by atoms with Crippen LogP contribution in [0, 0.1) is 0 Å². The van der Waals surface area contributed by atoms with Crippen molar-refractivity contribution in [2.24, 2.45) is 0 Å². The molecule has 0 aliphatic rings. The van der Waals surface area contributed by atoms with E-state index in [-0.39, 0.29) is 11.7 Å². The highest BCUT2D eigenvalue weighted by Crippen LogP contribution is 2.26. The molecule has 32 heavy (non-hydrogen) atoms. The number of para-hydroxylation sites is 1. The number of nitrogens with one attached hydrogen (secondary N) is 2. The molecule has 2 heterocycles. The van der Waals surface area contributed by atoms with Crippen molar-refractivity contribution in [3.63, 3.8) is 0 Å². The molecule has 0 spiro atoms. The number of aromatic nitrogens is 2. The lowest BCUT2D eigenvalue weighted by atomic mass is 10.2. The van der Waals surface area contributed by atoms with Crippen LogP contribution in [-0.2, 0) is 0 Å². The lowest BCUT2D eigenvalue weighted by Gasteiger charge is -2.06. The first-order valence-corrected chi connectivity index (χ1v) is 10.6. The summed E-state index contributed by atoms with van der Waals surface area (Å²) in [4.78, 5) is 25.3. The van der Waals surface area contributed by atoms with Crippen LogP contribution in [0.4, 0.5) is 10.8 Å². The molecule has 0 bridgehead atoms. The zero-order chi connectivity index (χ0) is 21.9. The molecule has 5 aromatic rings. The van der Waals surface area contributed by atoms with Crippen molar-refractivity contribution in [2.45, 2.75) is 0 Å². The van der Waals surface area contributed by atoms with E-state index in [4.69, 9.17) is 4.42 Å². The number of furan rings is 1. The van der Waals surface area contributed by atoms with Crippen molar-refractivity contribution >= 4 is 44.9 Å². The van der Waals surface area contributed by atoms with Gasteiger partial charge in [-0.05, 0) is 30.3 Å². The molecule has 156 valence electrons. The second kappa shape index (κ2) is 8.44. The Morgan fingerprint density at radius 1 is 0.781 bits per heavy atom. The third-order valence-electron chi connectivity index (χ3n) is 4.70. The molecule has 0 fully saturated rings. The van der Waals surface area contributed by atoms with E-state index in [9.17, 15) is 9.59 Å². The number of benzene rings is 3. The van der Waals surface area contributed by atoms with Gasteiger partial charge in [-0.25, -0.2) is 0 Å². The molecule has 7 nitrogen and oxygen atoms in total. The lowest BCUT2D eigenvalue weighted by molar-refractivity contribution is 0.0995. The van der Waals surface area contributed by atoms with E-state index in [2.05, 4.69) is 20.8 Å². The Bertz CT molecular complexity index is 1390. The maximum Gasteiger partial charge on any atom is 0.291 e. The van der Waals surface area contributed by atoms with Crippen LogP contribution in [0.2, 0.25) is 0 Å². The predicted octanol–water partition coefficient (Wildman–Crippen LogP) is 5.46. The summed E-state index contributed by atoms with van der Waals surface area (Å²) in [6.45, 7) is 0. The predicted molar refractivity (Wildman–Crippen MR) is 124 cm³/mol. The fourth-order valence-electron chi connectivity index (χ4n) is 3.17. The van der Waals surface area contributed by atoms with Gasteiger partial charge in [-0.2, -0.15) is 0 Å². The highest BCUT2D eigenvalue weighted by molar-refractivity contribution is 7.18. The minimum atomic E-state index is -0.393. The largest absolute Gasteiger partial charge is 0.451 e. The van der Waals surface area contributed by atoms with Crippen molar-refractivity contribution in [3.05, 3.63) is 96.3 Å². The van der Waals surface area contributed by atoms with Gasteiger partial charge in [0.25, 0.3) is 11.8 Å². The van der Waals surface area contributed by atoms with Crippen molar-refractivity contribution in [1.29, 1.82) is 0 Å². The van der Waals surface area contributed by atoms with E-state index in [1.54, 1.807) is 36.4 Å². The van der Waals surface area contributed by atoms with Crippen LogP contribution >= 0.6 is 11.3 Å². The molecule has 2 amide bonds. The third-order valence-corrected chi connectivity index (χ3v) is 5.59. The third kappa shape index (κ3) is 4.12. The number of hydrogen-bond donors (Lipinski definition) is 2. The molecule has 0 aliphatic carbocycles. The first-order valence-electron chi connectivity index (χ1n) is 9.76. The van der Waals surface area contributed by atoms with Gasteiger partial charge in [0.05, 0.1) is 0 Å². The Morgan fingerprint density at radius 2 is 1.59 bits per heavy atom. The average Bonchev–Trinajstić information content (AvgIpc) is 3.47. The quantitative estimate of drug-likeness (QED) is 0.378. The number of amides is 2. The molecule has 2 aromatic heterocycles. The summed E-state index contributed by atoms with van der Waals surface area (Å²) in [6.07, 6.45) is 0. The smallest absolute Gasteiger partial charge is 0.291 e. The minimum Gasteiger partial charge on any atom is -0.451 e. The van der Waals surface area contributed by atoms with Gasteiger partial charge in [0.1, 0.15) is 10.6 Å². The average molecular weight is 440 g/mol. The van der Waals surface area contributed by atoms with Gasteiger partial charge in [0.15, 0.2) is 5.76 Å². The van der Waals surface area contributed by atoms with E-state index in [0.717, 1.165) is 10.9 Å². The summed E-state index contributed by atoms with van der Waals surface area (Å²) < 4.78 is 5.59. The maximum atomic E-state index is 12.7. The first-order chi connectivity index (χ1) is 15.7. The SMILES string of the molecule is O=C(Nc1nnc(-c2ccccc2)s1)c1cccc(NC(=O)c2cc3ccccc3o2)c1. The number of carbonyl (C=O) groups is 2. The molecule has 0 saturated carbocycles. The molecule has 2 N–H and O–H groups in total. The van der Waals surface area contributed by atoms with Crippen LogP contribution in [0.15, 0.2) is 89.3 Å². The molecule has 0 aliphatic heterocycles. The number of carbonyl (C=O) groups excluding carboxylic acids is 2. The van der Waals surface area contributed by atoms with Gasteiger partial charge in [-0.15, -0.1) is 10.2 Å². The highest BCUT2D eigenvalue weighted by atomic mass is 32.1. The first kappa shape index (κ1) is 19.7. The molecular formula is C24H16N4O3S. The molecular weight excluding hydrogens is 424 g/mol. The highest BCUT2D eigenvalue weighted by Gasteiger charge is 2.15. The van der Waals surface area contributed by atoms with Gasteiger partial charge in [-0.3, -0.25) is 14.9 Å².